The van der Waals surface area contributed by atoms with Gasteiger partial charge in [0.1, 0.15) is 5.69 Å². The molecular weight excluding hydrogens is 276 g/mol. The third kappa shape index (κ3) is 1.87. The standard InChI is InChI=1S/C17H14N4O/c18-12-8-4-7-11(9-12)14-13-15(10-5-2-1-3-6-10)20-21-16(13)17(22)19-14/h1-9,14H,18H2,(H,19,22)(H,20,21). The van der Waals surface area contributed by atoms with E-state index in [4.69, 9.17) is 5.73 Å². The Bertz CT molecular complexity index is 854. The number of fused-ring (bicyclic) bond motifs is 1. The summed E-state index contributed by atoms with van der Waals surface area (Å²) < 4.78 is 0. The Morgan fingerprint density at radius 3 is 2.64 bits per heavy atom. The van der Waals surface area contributed by atoms with Crippen LogP contribution in [0, 0.1) is 0 Å². The highest BCUT2D eigenvalue weighted by molar-refractivity contribution is 6.00. The SMILES string of the molecule is Nc1cccc(C2NC(=O)c3[nH]nc(-c4ccccc4)c32)c1. The topological polar surface area (TPSA) is 83.8 Å². The second-order valence-corrected chi connectivity index (χ2v) is 5.30. The van der Waals surface area contributed by atoms with E-state index in [0.717, 1.165) is 22.4 Å². The molecule has 0 saturated heterocycles. The molecule has 1 amide bonds. The highest BCUT2D eigenvalue weighted by atomic mass is 16.2. The summed E-state index contributed by atoms with van der Waals surface area (Å²) in [5.74, 6) is -0.142. The molecule has 0 fully saturated rings. The van der Waals surface area contributed by atoms with Gasteiger partial charge in [0.25, 0.3) is 5.91 Å². The number of nitrogens with one attached hydrogen (secondary N) is 2. The number of rotatable bonds is 2. The zero-order valence-electron chi connectivity index (χ0n) is 11.7. The molecule has 5 nitrogen and oxygen atoms in total. The predicted molar refractivity (Wildman–Crippen MR) is 84.2 cm³/mol. The predicted octanol–water partition coefficient (Wildman–Crippen LogP) is 2.49. The summed E-state index contributed by atoms with van der Waals surface area (Å²) >= 11 is 0. The summed E-state index contributed by atoms with van der Waals surface area (Å²) in [4.78, 5) is 12.2. The van der Waals surface area contributed by atoms with Gasteiger partial charge in [-0.25, -0.2) is 0 Å². The molecule has 4 rings (SSSR count). The van der Waals surface area contributed by atoms with Crippen LogP contribution < -0.4 is 11.1 Å². The van der Waals surface area contributed by atoms with Gasteiger partial charge in [-0.05, 0) is 17.7 Å². The molecule has 2 aromatic carbocycles. The monoisotopic (exact) mass is 290 g/mol. The average Bonchev–Trinajstić information content (AvgIpc) is 3.10. The Morgan fingerprint density at radius 1 is 1.05 bits per heavy atom. The van der Waals surface area contributed by atoms with E-state index in [1.165, 1.54) is 0 Å². The summed E-state index contributed by atoms with van der Waals surface area (Å²) in [5, 5.41) is 10.2. The average molecular weight is 290 g/mol. The zero-order chi connectivity index (χ0) is 15.1. The summed E-state index contributed by atoms with van der Waals surface area (Å²) in [6.45, 7) is 0. The van der Waals surface area contributed by atoms with E-state index >= 15 is 0 Å². The van der Waals surface area contributed by atoms with Crippen molar-refractivity contribution < 1.29 is 4.79 Å². The van der Waals surface area contributed by atoms with Crippen LogP contribution in [-0.4, -0.2) is 16.1 Å². The van der Waals surface area contributed by atoms with Gasteiger partial charge in [-0.15, -0.1) is 0 Å². The minimum atomic E-state index is -0.236. The third-order valence-corrected chi connectivity index (χ3v) is 3.89. The maximum atomic E-state index is 12.2. The molecule has 5 heteroatoms. The zero-order valence-corrected chi connectivity index (χ0v) is 11.7. The van der Waals surface area contributed by atoms with E-state index in [-0.39, 0.29) is 11.9 Å². The number of nitrogen functional groups attached to an aromatic ring is 1. The molecule has 0 aliphatic carbocycles. The molecule has 1 unspecified atom stereocenters. The lowest BCUT2D eigenvalue weighted by Gasteiger charge is -2.13. The molecule has 3 aromatic rings. The van der Waals surface area contributed by atoms with Crippen LogP contribution in [0.4, 0.5) is 5.69 Å². The summed E-state index contributed by atoms with van der Waals surface area (Å²) in [5.41, 5.74) is 10.7. The van der Waals surface area contributed by atoms with Gasteiger partial charge in [-0.2, -0.15) is 5.10 Å². The van der Waals surface area contributed by atoms with Gasteiger partial charge in [0.15, 0.2) is 0 Å². The Kier molecular flexibility index (Phi) is 2.72. The van der Waals surface area contributed by atoms with Gasteiger partial charge < -0.3 is 11.1 Å². The lowest BCUT2D eigenvalue weighted by Crippen LogP contribution is -2.21. The molecular formula is C17H14N4O. The van der Waals surface area contributed by atoms with Gasteiger partial charge in [0, 0.05) is 16.8 Å². The molecule has 1 aromatic heterocycles. The first kappa shape index (κ1) is 12.6. The fourth-order valence-corrected chi connectivity index (χ4v) is 2.88. The maximum Gasteiger partial charge on any atom is 0.270 e. The molecule has 108 valence electrons. The molecule has 2 heterocycles. The van der Waals surface area contributed by atoms with Gasteiger partial charge in [-0.3, -0.25) is 9.89 Å². The number of carbonyl (C=O) groups excluding carboxylic acids is 1. The van der Waals surface area contributed by atoms with E-state index in [2.05, 4.69) is 15.5 Å². The molecule has 4 N–H and O–H groups in total. The van der Waals surface area contributed by atoms with Crippen molar-refractivity contribution >= 4 is 11.6 Å². The van der Waals surface area contributed by atoms with E-state index in [9.17, 15) is 4.79 Å². The van der Waals surface area contributed by atoms with Crippen molar-refractivity contribution in [2.45, 2.75) is 6.04 Å². The fourth-order valence-electron chi connectivity index (χ4n) is 2.88. The Labute approximate surface area is 127 Å². The lowest BCUT2D eigenvalue weighted by molar-refractivity contribution is 0.0955. The van der Waals surface area contributed by atoms with Crippen molar-refractivity contribution in [1.29, 1.82) is 0 Å². The molecule has 22 heavy (non-hydrogen) atoms. The van der Waals surface area contributed by atoms with E-state index in [1.807, 2.05) is 54.6 Å². The highest BCUT2D eigenvalue weighted by Crippen LogP contribution is 2.37. The number of aromatic amines is 1. The van der Waals surface area contributed by atoms with Crippen LogP contribution in [0.3, 0.4) is 0 Å². The number of aromatic nitrogens is 2. The first-order valence-corrected chi connectivity index (χ1v) is 7.04. The van der Waals surface area contributed by atoms with Crippen molar-refractivity contribution in [1.82, 2.24) is 15.5 Å². The normalized spacial score (nSPS) is 16.4. The molecule has 1 atom stereocenters. The number of carbonyl (C=O) groups is 1. The van der Waals surface area contributed by atoms with E-state index < -0.39 is 0 Å². The minimum absolute atomic E-state index is 0.142. The van der Waals surface area contributed by atoms with E-state index in [1.54, 1.807) is 0 Å². The van der Waals surface area contributed by atoms with Crippen LogP contribution in [0.5, 0.6) is 0 Å². The summed E-state index contributed by atoms with van der Waals surface area (Å²) in [7, 11) is 0. The first-order valence-electron chi connectivity index (χ1n) is 7.04. The van der Waals surface area contributed by atoms with Crippen molar-refractivity contribution in [2.24, 2.45) is 0 Å². The Morgan fingerprint density at radius 2 is 1.86 bits per heavy atom. The molecule has 1 aliphatic rings. The Balaban J connectivity index is 1.88. The van der Waals surface area contributed by atoms with Crippen LogP contribution in [0.1, 0.15) is 27.7 Å². The number of benzene rings is 2. The number of H-pyrrole nitrogens is 1. The number of amides is 1. The first-order chi connectivity index (χ1) is 10.7. The lowest BCUT2D eigenvalue weighted by atomic mass is 9.96. The minimum Gasteiger partial charge on any atom is -0.399 e. The second-order valence-electron chi connectivity index (χ2n) is 5.30. The highest BCUT2D eigenvalue weighted by Gasteiger charge is 2.35. The third-order valence-electron chi connectivity index (χ3n) is 3.89. The molecule has 0 saturated carbocycles. The van der Waals surface area contributed by atoms with Gasteiger partial charge in [0.2, 0.25) is 0 Å². The largest absolute Gasteiger partial charge is 0.399 e. The van der Waals surface area contributed by atoms with Crippen molar-refractivity contribution in [2.75, 3.05) is 5.73 Å². The van der Waals surface area contributed by atoms with Gasteiger partial charge in [0.05, 0.1) is 11.7 Å². The number of nitrogens with two attached hydrogens (primary N) is 1. The summed E-state index contributed by atoms with van der Waals surface area (Å²) in [6.07, 6.45) is 0. The smallest absolute Gasteiger partial charge is 0.270 e. The van der Waals surface area contributed by atoms with Crippen molar-refractivity contribution in [3.05, 3.63) is 71.4 Å². The number of hydrogen-bond acceptors (Lipinski definition) is 3. The van der Waals surface area contributed by atoms with Crippen LogP contribution in [0.15, 0.2) is 54.6 Å². The van der Waals surface area contributed by atoms with Crippen LogP contribution in [0.2, 0.25) is 0 Å². The summed E-state index contributed by atoms with van der Waals surface area (Å²) in [6, 6.07) is 17.1. The Hall–Kier alpha value is -3.08. The number of hydrogen-bond donors (Lipinski definition) is 3. The van der Waals surface area contributed by atoms with Gasteiger partial charge >= 0.3 is 0 Å². The van der Waals surface area contributed by atoms with Crippen molar-refractivity contribution in [3.63, 3.8) is 0 Å². The number of anilines is 1. The maximum absolute atomic E-state index is 12.2. The van der Waals surface area contributed by atoms with Crippen LogP contribution in [-0.2, 0) is 0 Å². The van der Waals surface area contributed by atoms with Crippen LogP contribution >= 0.6 is 0 Å². The van der Waals surface area contributed by atoms with Crippen molar-refractivity contribution in [3.8, 4) is 11.3 Å². The molecule has 1 aliphatic heterocycles. The second kappa shape index (κ2) is 4.73. The molecule has 0 bridgehead atoms. The van der Waals surface area contributed by atoms with E-state index in [0.29, 0.717) is 11.4 Å². The quantitative estimate of drug-likeness (QED) is 0.634. The molecule has 0 radical (unpaired) electrons. The molecule has 0 spiro atoms. The van der Waals surface area contributed by atoms with Crippen LogP contribution in [0.25, 0.3) is 11.3 Å². The fraction of sp³-hybridized carbons (Fsp3) is 0.0588. The number of nitrogens with zero attached hydrogens (tertiary/aromatic N) is 1. The van der Waals surface area contributed by atoms with Gasteiger partial charge in [-0.1, -0.05) is 42.5 Å².